The zero-order valence-corrected chi connectivity index (χ0v) is 14.7. The minimum Gasteiger partial charge on any atom is -0.360 e. The van der Waals surface area contributed by atoms with E-state index in [2.05, 4.69) is 33.4 Å². The number of hydrogen-bond donors (Lipinski definition) is 1. The summed E-state index contributed by atoms with van der Waals surface area (Å²) in [4.78, 5) is 17.3. The Hall–Kier alpha value is -3.28. The van der Waals surface area contributed by atoms with E-state index in [9.17, 15) is 4.79 Å². The van der Waals surface area contributed by atoms with E-state index in [4.69, 9.17) is 0 Å². The summed E-state index contributed by atoms with van der Waals surface area (Å²) in [6.45, 7) is 4.18. The Labute approximate surface area is 150 Å². The molecule has 0 bridgehead atoms. The second-order valence-corrected chi connectivity index (χ2v) is 6.33. The van der Waals surface area contributed by atoms with Crippen LogP contribution in [-0.2, 0) is 13.0 Å². The van der Waals surface area contributed by atoms with Gasteiger partial charge in [-0.1, -0.05) is 55.0 Å². The summed E-state index contributed by atoms with van der Waals surface area (Å²) in [6, 6.07) is 13.9. The largest absolute Gasteiger partial charge is 0.360 e. The fourth-order valence-electron chi connectivity index (χ4n) is 3.08. The molecule has 0 saturated carbocycles. The quantitative estimate of drug-likeness (QED) is 0.561. The molecule has 0 fully saturated rings. The standard InChI is InChI=1S/C20H19N5O/c1-3-14-5-4-6-16-17(11-21-19(14)16)18(26)12-25-23-20(22-24-25)15-9-7-13(2)8-10-15/h4-11,21H,3,12H2,1-2H3. The molecular weight excluding hydrogens is 326 g/mol. The number of benzene rings is 2. The van der Waals surface area contributed by atoms with E-state index in [1.165, 1.54) is 15.9 Å². The van der Waals surface area contributed by atoms with Crippen LogP contribution in [0.3, 0.4) is 0 Å². The Morgan fingerprint density at radius 2 is 1.96 bits per heavy atom. The molecule has 0 aliphatic rings. The molecule has 2 aromatic carbocycles. The monoisotopic (exact) mass is 345 g/mol. The number of nitrogens with zero attached hydrogens (tertiary/aromatic N) is 4. The average molecular weight is 345 g/mol. The van der Waals surface area contributed by atoms with Crippen LogP contribution in [0.2, 0.25) is 0 Å². The Morgan fingerprint density at radius 3 is 2.73 bits per heavy atom. The van der Waals surface area contributed by atoms with Crippen molar-refractivity contribution in [2.45, 2.75) is 26.8 Å². The van der Waals surface area contributed by atoms with Crippen LogP contribution < -0.4 is 0 Å². The van der Waals surface area contributed by atoms with E-state index >= 15 is 0 Å². The third kappa shape index (κ3) is 2.90. The van der Waals surface area contributed by atoms with Crippen LogP contribution in [0.4, 0.5) is 0 Å². The molecule has 26 heavy (non-hydrogen) atoms. The smallest absolute Gasteiger partial charge is 0.204 e. The van der Waals surface area contributed by atoms with Gasteiger partial charge < -0.3 is 4.98 Å². The molecule has 4 aromatic rings. The molecule has 6 heteroatoms. The fraction of sp³-hybridized carbons (Fsp3) is 0.200. The van der Waals surface area contributed by atoms with Gasteiger partial charge in [-0.15, -0.1) is 10.2 Å². The number of hydrogen-bond acceptors (Lipinski definition) is 4. The van der Waals surface area contributed by atoms with Gasteiger partial charge in [-0.05, 0) is 24.1 Å². The van der Waals surface area contributed by atoms with Gasteiger partial charge in [0.15, 0.2) is 5.78 Å². The molecule has 0 atom stereocenters. The highest BCUT2D eigenvalue weighted by Crippen LogP contribution is 2.23. The van der Waals surface area contributed by atoms with Crippen molar-refractivity contribution in [3.05, 3.63) is 65.4 Å². The van der Waals surface area contributed by atoms with Gasteiger partial charge in [0, 0.05) is 28.2 Å². The van der Waals surface area contributed by atoms with E-state index in [1.54, 1.807) is 6.20 Å². The van der Waals surface area contributed by atoms with Gasteiger partial charge in [-0.2, -0.15) is 4.80 Å². The van der Waals surface area contributed by atoms with Crippen molar-refractivity contribution in [2.24, 2.45) is 0 Å². The topological polar surface area (TPSA) is 76.5 Å². The second kappa shape index (κ2) is 6.55. The molecule has 1 N–H and O–H groups in total. The molecule has 0 unspecified atom stereocenters. The molecule has 4 rings (SSSR count). The molecule has 0 aliphatic carbocycles. The van der Waals surface area contributed by atoms with E-state index in [0.717, 1.165) is 22.9 Å². The molecule has 2 aromatic heterocycles. The van der Waals surface area contributed by atoms with Crippen LogP contribution in [-0.4, -0.2) is 31.0 Å². The highest BCUT2D eigenvalue weighted by Gasteiger charge is 2.16. The average Bonchev–Trinajstić information content (AvgIpc) is 3.29. The third-order valence-corrected chi connectivity index (χ3v) is 4.53. The summed E-state index contributed by atoms with van der Waals surface area (Å²) in [7, 11) is 0. The first-order valence-corrected chi connectivity index (χ1v) is 8.62. The first kappa shape index (κ1) is 16.2. The lowest BCUT2D eigenvalue weighted by atomic mass is 10.1. The predicted octanol–water partition coefficient (Wildman–Crippen LogP) is 3.58. The Balaban J connectivity index is 1.58. The fourth-order valence-corrected chi connectivity index (χ4v) is 3.08. The van der Waals surface area contributed by atoms with Crippen LogP contribution in [0, 0.1) is 6.92 Å². The van der Waals surface area contributed by atoms with Gasteiger partial charge in [0.1, 0.15) is 6.54 Å². The highest BCUT2D eigenvalue weighted by molar-refractivity contribution is 6.08. The number of nitrogens with one attached hydrogen (secondary N) is 1. The van der Waals surface area contributed by atoms with Gasteiger partial charge in [0.2, 0.25) is 5.82 Å². The normalized spacial score (nSPS) is 11.2. The van der Waals surface area contributed by atoms with E-state index in [0.29, 0.717) is 11.4 Å². The number of aryl methyl sites for hydroxylation is 2. The number of ketones is 1. The van der Waals surface area contributed by atoms with Crippen molar-refractivity contribution >= 4 is 16.7 Å². The molecule has 130 valence electrons. The molecule has 0 radical (unpaired) electrons. The number of fused-ring (bicyclic) bond motifs is 1. The Bertz CT molecular complexity index is 1080. The maximum absolute atomic E-state index is 12.7. The van der Waals surface area contributed by atoms with Crippen LogP contribution in [0.1, 0.15) is 28.4 Å². The lowest BCUT2D eigenvalue weighted by molar-refractivity contribution is 0.0963. The summed E-state index contributed by atoms with van der Waals surface area (Å²) in [5.41, 5.74) is 4.92. The first-order chi connectivity index (χ1) is 12.7. The minimum atomic E-state index is -0.0441. The van der Waals surface area contributed by atoms with Crippen molar-refractivity contribution in [1.82, 2.24) is 25.2 Å². The third-order valence-electron chi connectivity index (χ3n) is 4.53. The van der Waals surface area contributed by atoms with E-state index < -0.39 is 0 Å². The molecular formula is C20H19N5O. The zero-order chi connectivity index (χ0) is 18.1. The van der Waals surface area contributed by atoms with E-state index in [1.807, 2.05) is 43.3 Å². The number of H-pyrrole nitrogens is 1. The van der Waals surface area contributed by atoms with Gasteiger partial charge in [-0.25, -0.2) is 0 Å². The number of para-hydroxylation sites is 1. The lowest BCUT2D eigenvalue weighted by Gasteiger charge is -2.01. The maximum Gasteiger partial charge on any atom is 0.204 e. The molecule has 2 heterocycles. The highest BCUT2D eigenvalue weighted by atomic mass is 16.1. The van der Waals surface area contributed by atoms with Gasteiger partial charge in [0.25, 0.3) is 0 Å². The SMILES string of the molecule is CCc1cccc2c(C(=O)Cn3nnc(-c4ccc(C)cc4)n3)c[nH]c12. The lowest BCUT2D eigenvalue weighted by Crippen LogP contribution is -2.13. The van der Waals surface area contributed by atoms with Crippen LogP contribution in [0.25, 0.3) is 22.3 Å². The molecule has 0 spiro atoms. The van der Waals surface area contributed by atoms with Crippen molar-refractivity contribution in [3.63, 3.8) is 0 Å². The number of tetrazole rings is 1. The summed E-state index contributed by atoms with van der Waals surface area (Å²) in [6.07, 6.45) is 2.68. The molecule has 0 saturated heterocycles. The number of carbonyl (C=O) groups is 1. The Kier molecular flexibility index (Phi) is 4.08. The van der Waals surface area contributed by atoms with Crippen molar-refractivity contribution in [1.29, 1.82) is 0 Å². The molecule has 0 aliphatic heterocycles. The van der Waals surface area contributed by atoms with Gasteiger partial charge in [-0.3, -0.25) is 4.79 Å². The zero-order valence-electron chi connectivity index (χ0n) is 14.7. The minimum absolute atomic E-state index is 0.0441. The maximum atomic E-state index is 12.7. The first-order valence-electron chi connectivity index (χ1n) is 8.62. The van der Waals surface area contributed by atoms with E-state index in [-0.39, 0.29) is 12.3 Å². The van der Waals surface area contributed by atoms with Crippen molar-refractivity contribution in [3.8, 4) is 11.4 Å². The van der Waals surface area contributed by atoms with Crippen molar-refractivity contribution < 1.29 is 4.79 Å². The number of aromatic amines is 1. The van der Waals surface area contributed by atoms with Crippen LogP contribution in [0.5, 0.6) is 0 Å². The number of carbonyl (C=O) groups excluding carboxylic acids is 1. The summed E-state index contributed by atoms with van der Waals surface area (Å²) < 4.78 is 0. The van der Waals surface area contributed by atoms with Crippen molar-refractivity contribution in [2.75, 3.05) is 0 Å². The molecule has 0 amide bonds. The van der Waals surface area contributed by atoms with Crippen LogP contribution in [0.15, 0.2) is 48.7 Å². The molecule has 6 nitrogen and oxygen atoms in total. The van der Waals surface area contributed by atoms with Gasteiger partial charge in [0.05, 0.1) is 0 Å². The number of Topliss-reactive ketones (excluding diaryl/α,β-unsaturated/α-hetero) is 1. The number of aromatic nitrogens is 5. The Morgan fingerprint density at radius 1 is 1.15 bits per heavy atom. The summed E-state index contributed by atoms with van der Waals surface area (Å²) in [5.74, 6) is 0.474. The van der Waals surface area contributed by atoms with Crippen LogP contribution >= 0.6 is 0 Å². The second-order valence-electron chi connectivity index (χ2n) is 6.33. The number of rotatable bonds is 5. The summed E-state index contributed by atoms with van der Waals surface area (Å²) in [5, 5.41) is 13.4. The van der Waals surface area contributed by atoms with Gasteiger partial charge >= 0.3 is 0 Å². The predicted molar refractivity (Wildman–Crippen MR) is 100.0 cm³/mol. The summed E-state index contributed by atoms with van der Waals surface area (Å²) >= 11 is 0.